The van der Waals surface area contributed by atoms with Crippen LogP contribution >= 0.6 is 11.6 Å². The Morgan fingerprint density at radius 2 is 2.13 bits per heavy atom. The van der Waals surface area contributed by atoms with Crippen molar-refractivity contribution in [1.29, 1.82) is 0 Å². The Kier molecular flexibility index (Phi) is 2.88. The molecule has 0 spiro atoms. The molecule has 0 heterocycles. The molecule has 0 fully saturated rings. The molecule has 1 radical (unpaired) electrons. The van der Waals surface area contributed by atoms with Crippen molar-refractivity contribution < 1.29 is 9.13 Å². The van der Waals surface area contributed by atoms with Crippen LogP contribution in [0.2, 0.25) is 5.02 Å². The number of hydrogen-bond donors (Lipinski definition) is 0. The van der Waals surface area contributed by atoms with Crippen molar-refractivity contribution in [3.63, 3.8) is 0 Å². The minimum Gasteiger partial charge on any atom is -0.454 e. The van der Waals surface area contributed by atoms with Crippen molar-refractivity contribution in [1.82, 2.24) is 0 Å². The summed E-state index contributed by atoms with van der Waals surface area (Å²) in [6, 6.07) is 13.7. The quantitative estimate of drug-likeness (QED) is 0.743. The lowest BCUT2D eigenvalue weighted by molar-refractivity contribution is 0.442. The summed E-state index contributed by atoms with van der Waals surface area (Å²) in [5, 5.41) is 0.549. The Labute approximate surface area is 92.1 Å². The second-order valence-electron chi connectivity index (χ2n) is 2.92. The van der Waals surface area contributed by atoms with Crippen molar-refractivity contribution in [3.05, 3.63) is 59.4 Å². The topological polar surface area (TPSA) is 9.23 Å². The number of benzene rings is 2. The van der Waals surface area contributed by atoms with Crippen molar-refractivity contribution in [3.8, 4) is 11.5 Å². The molecule has 15 heavy (non-hydrogen) atoms. The summed E-state index contributed by atoms with van der Waals surface area (Å²) in [6.45, 7) is 0. The van der Waals surface area contributed by atoms with Gasteiger partial charge in [0.05, 0.1) is 0 Å². The van der Waals surface area contributed by atoms with Crippen molar-refractivity contribution in [2.24, 2.45) is 0 Å². The third-order valence-corrected chi connectivity index (χ3v) is 2.03. The Morgan fingerprint density at radius 3 is 2.87 bits per heavy atom. The van der Waals surface area contributed by atoms with Gasteiger partial charge in [-0.05, 0) is 36.4 Å². The van der Waals surface area contributed by atoms with Gasteiger partial charge in [0, 0.05) is 5.02 Å². The summed E-state index contributed by atoms with van der Waals surface area (Å²) in [5.74, 6) is 0.217. The van der Waals surface area contributed by atoms with Crippen LogP contribution in [0.15, 0.2) is 42.5 Å². The van der Waals surface area contributed by atoms with Gasteiger partial charge in [0.1, 0.15) is 5.75 Å². The maximum absolute atomic E-state index is 13.2. The van der Waals surface area contributed by atoms with Gasteiger partial charge in [-0.3, -0.25) is 0 Å². The number of rotatable bonds is 2. The van der Waals surface area contributed by atoms with Crippen LogP contribution in [0, 0.1) is 11.9 Å². The predicted octanol–water partition coefficient (Wildman–Crippen LogP) is 4.07. The monoisotopic (exact) mass is 221 g/mol. The number of hydrogen-bond acceptors (Lipinski definition) is 1. The summed E-state index contributed by atoms with van der Waals surface area (Å²) >= 11 is 5.77. The zero-order valence-corrected chi connectivity index (χ0v) is 8.46. The fourth-order valence-electron chi connectivity index (χ4n) is 1.13. The van der Waals surface area contributed by atoms with Crippen LogP contribution in [0.25, 0.3) is 0 Å². The number of halogens is 2. The standard InChI is InChI=1S/C12H7ClFO/c13-9-4-3-5-10(8-9)15-12-7-2-1-6-11(12)14/h1,3-8H. The highest BCUT2D eigenvalue weighted by atomic mass is 35.5. The maximum atomic E-state index is 13.2. The first kappa shape index (κ1) is 9.99. The molecule has 0 N–H and O–H groups in total. The summed E-state index contributed by atoms with van der Waals surface area (Å²) in [4.78, 5) is 0. The highest BCUT2D eigenvalue weighted by Gasteiger charge is 2.03. The normalized spacial score (nSPS) is 10.0. The zero-order valence-electron chi connectivity index (χ0n) is 7.71. The fourth-order valence-corrected chi connectivity index (χ4v) is 1.31. The highest BCUT2D eigenvalue weighted by molar-refractivity contribution is 6.30. The van der Waals surface area contributed by atoms with E-state index in [1.807, 2.05) is 0 Å². The average molecular weight is 222 g/mol. The molecular formula is C12H7ClFO. The SMILES string of the molecule is Fc1cc[c]cc1Oc1cccc(Cl)c1. The lowest BCUT2D eigenvalue weighted by Gasteiger charge is -2.05. The first-order valence-corrected chi connectivity index (χ1v) is 4.72. The van der Waals surface area contributed by atoms with Gasteiger partial charge in [0.25, 0.3) is 0 Å². The van der Waals surface area contributed by atoms with Crippen LogP contribution in [0.1, 0.15) is 0 Å². The van der Waals surface area contributed by atoms with Gasteiger partial charge >= 0.3 is 0 Å². The van der Waals surface area contributed by atoms with Gasteiger partial charge in [-0.1, -0.05) is 23.7 Å². The molecule has 0 aliphatic rings. The fraction of sp³-hybridized carbons (Fsp3) is 0. The van der Waals surface area contributed by atoms with Gasteiger partial charge < -0.3 is 4.74 Å². The smallest absolute Gasteiger partial charge is 0.165 e. The first-order valence-electron chi connectivity index (χ1n) is 4.35. The minimum absolute atomic E-state index is 0.139. The molecule has 75 valence electrons. The zero-order chi connectivity index (χ0) is 10.7. The van der Waals surface area contributed by atoms with Crippen LogP contribution in [0.5, 0.6) is 11.5 Å². The van der Waals surface area contributed by atoms with E-state index in [4.69, 9.17) is 16.3 Å². The van der Waals surface area contributed by atoms with Gasteiger partial charge in [-0.25, -0.2) is 4.39 Å². The molecule has 0 aromatic heterocycles. The van der Waals surface area contributed by atoms with E-state index >= 15 is 0 Å². The molecule has 2 rings (SSSR count). The van der Waals surface area contributed by atoms with Crippen molar-refractivity contribution >= 4 is 11.6 Å². The largest absolute Gasteiger partial charge is 0.454 e. The van der Waals surface area contributed by atoms with Gasteiger partial charge in [0.2, 0.25) is 0 Å². The molecule has 0 saturated heterocycles. The second kappa shape index (κ2) is 4.32. The molecule has 0 saturated carbocycles. The summed E-state index contributed by atoms with van der Waals surface area (Å²) in [7, 11) is 0. The molecular weight excluding hydrogens is 215 g/mol. The molecule has 0 aliphatic heterocycles. The molecule has 1 nitrogen and oxygen atoms in total. The van der Waals surface area contributed by atoms with E-state index in [0.717, 1.165) is 0 Å². The van der Waals surface area contributed by atoms with E-state index in [-0.39, 0.29) is 5.75 Å². The lowest BCUT2D eigenvalue weighted by Crippen LogP contribution is -1.87. The van der Waals surface area contributed by atoms with E-state index in [9.17, 15) is 4.39 Å². The van der Waals surface area contributed by atoms with Crippen LogP contribution in [0.4, 0.5) is 4.39 Å². The van der Waals surface area contributed by atoms with Gasteiger partial charge in [-0.2, -0.15) is 0 Å². The first-order chi connectivity index (χ1) is 7.25. The van der Waals surface area contributed by atoms with E-state index in [1.165, 1.54) is 18.2 Å². The molecule has 0 amide bonds. The van der Waals surface area contributed by atoms with Crippen LogP contribution in [-0.2, 0) is 0 Å². The van der Waals surface area contributed by atoms with E-state index in [2.05, 4.69) is 6.07 Å². The molecule has 0 aliphatic carbocycles. The van der Waals surface area contributed by atoms with Gasteiger partial charge in [-0.15, -0.1) is 0 Å². The highest BCUT2D eigenvalue weighted by Crippen LogP contribution is 2.25. The van der Waals surface area contributed by atoms with E-state index in [0.29, 0.717) is 10.8 Å². The van der Waals surface area contributed by atoms with Crippen molar-refractivity contribution in [2.75, 3.05) is 0 Å². The predicted molar refractivity (Wildman–Crippen MR) is 56.8 cm³/mol. The summed E-state index contributed by atoms with van der Waals surface area (Å²) in [5.41, 5.74) is 0. The van der Waals surface area contributed by atoms with Crippen LogP contribution in [-0.4, -0.2) is 0 Å². The third kappa shape index (κ3) is 2.48. The van der Waals surface area contributed by atoms with E-state index in [1.54, 1.807) is 24.3 Å². The Balaban J connectivity index is 2.26. The second-order valence-corrected chi connectivity index (χ2v) is 3.35. The minimum atomic E-state index is -0.422. The summed E-state index contributed by atoms with van der Waals surface area (Å²) in [6.07, 6.45) is 0. The Bertz CT molecular complexity index is 471. The van der Waals surface area contributed by atoms with Crippen LogP contribution < -0.4 is 4.74 Å². The number of ether oxygens (including phenoxy) is 1. The average Bonchev–Trinajstić information content (AvgIpc) is 2.22. The van der Waals surface area contributed by atoms with E-state index < -0.39 is 5.82 Å². The van der Waals surface area contributed by atoms with Crippen molar-refractivity contribution in [2.45, 2.75) is 0 Å². The Morgan fingerprint density at radius 1 is 1.27 bits per heavy atom. The summed E-state index contributed by atoms with van der Waals surface area (Å²) < 4.78 is 18.5. The molecule has 0 unspecified atom stereocenters. The molecule has 2 aromatic carbocycles. The third-order valence-electron chi connectivity index (χ3n) is 1.80. The van der Waals surface area contributed by atoms with Crippen LogP contribution in [0.3, 0.4) is 0 Å². The Hall–Kier alpha value is -1.54. The lowest BCUT2D eigenvalue weighted by atomic mass is 10.3. The molecule has 0 atom stereocenters. The van der Waals surface area contributed by atoms with Gasteiger partial charge in [0.15, 0.2) is 11.6 Å². The molecule has 2 aromatic rings. The molecule has 0 bridgehead atoms. The maximum Gasteiger partial charge on any atom is 0.165 e. The molecule has 3 heteroatoms.